The molecule has 0 aromatic heterocycles. The first-order valence-electron chi connectivity index (χ1n) is 6.75. The van der Waals surface area contributed by atoms with Crippen LogP contribution in [-0.4, -0.2) is 54.0 Å². The Morgan fingerprint density at radius 1 is 1.47 bits per heavy atom. The van der Waals surface area contributed by atoms with Gasteiger partial charge in [0.1, 0.15) is 5.75 Å². The van der Waals surface area contributed by atoms with Crippen molar-refractivity contribution in [1.29, 1.82) is 0 Å². The van der Waals surface area contributed by atoms with E-state index in [2.05, 4.69) is 11.9 Å². The second-order valence-corrected chi connectivity index (χ2v) is 5.42. The molecule has 0 bridgehead atoms. The number of benzene rings is 1. The van der Waals surface area contributed by atoms with Gasteiger partial charge in [0.15, 0.2) is 0 Å². The molecule has 1 aromatic carbocycles. The maximum Gasteiger partial charge on any atom is 0.254 e. The van der Waals surface area contributed by atoms with Crippen molar-refractivity contribution < 1.29 is 9.90 Å². The third kappa shape index (κ3) is 2.89. The van der Waals surface area contributed by atoms with Crippen LogP contribution in [0, 0.1) is 6.92 Å². The Morgan fingerprint density at radius 2 is 2.21 bits per heavy atom. The van der Waals surface area contributed by atoms with E-state index in [1.165, 1.54) is 0 Å². The quantitative estimate of drug-likeness (QED) is 0.885. The fourth-order valence-electron chi connectivity index (χ4n) is 2.67. The number of rotatable bonds is 2. The third-order valence-electron chi connectivity index (χ3n) is 4.00. The number of nitrogens with zero attached hydrogens (tertiary/aromatic N) is 2. The number of phenols is 1. The molecular weight excluding hydrogens is 240 g/mol. The van der Waals surface area contributed by atoms with Crippen LogP contribution in [-0.2, 0) is 0 Å². The Balaban J connectivity index is 2.16. The zero-order valence-corrected chi connectivity index (χ0v) is 11.9. The highest BCUT2D eigenvalue weighted by Gasteiger charge is 2.26. The number of hydrogen-bond donors (Lipinski definition) is 1. The summed E-state index contributed by atoms with van der Waals surface area (Å²) in [6.07, 6.45) is 2.17. The highest BCUT2D eigenvalue weighted by Crippen LogP contribution is 2.22. The maximum atomic E-state index is 12.5. The molecule has 2 rings (SSSR count). The van der Waals surface area contributed by atoms with Crippen molar-refractivity contribution in [2.75, 3.05) is 27.2 Å². The molecule has 1 unspecified atom stereocenters. The van der Waals surface area contributed by atoms with E-state index < -0.39 is 0 Å². The van der Waals surface area contributed by atoms with Crippen molar-refractivity contribution in [2.45, 2.75) is 25.8 Å². The highest BCUT2D eigenvalue weighted by molar-refractivity contribution is 5.96. The molecular formula is C15H22N2O2. The van der Waals surface area contributed by atoms with Gasteiger partial charge in [-0.3, -0.25) is 4.79 Å². The van der Waals surface area contributed by atoms with E-state index in [4.69, 9.17) is 0 Å². The molecule has 1 heterocycles. The second kappa shape index (κ2) is 5.61. The zero-order chi connectivity index (χ0) is 14.0. The first-order chi connectivity index (χ1) is 9.00. The van der Waals surface area contributed by atoms with E-state index >= 15 is 0 Å². The summed E-state index contributed by atoms with van der Waals surface area (Å²) in [4.78, 5) is 16.6. The van der Waals surface area contributed by atoms with Gasteiger partial charge in [0.05, 0.1) is 0 Å². The number of aromatic hydroxyl groups is 1. The lowest BCUT2D eigenvalue weighted by atomic mass is 10.0. The van der Waals surface area contributed by atoms with Crippen LogP contribution in [0.15, 0.2) is 18.2 Å². The molecule has 1 aliphatic heterocycles. The van der Waals surface area contributed by atoms with Gasteiger partial charge in [0.25, 0.3) is 5.91 Å². The van der Waals surface area contributed by atoms with Crippen LogP contribution in [0.4, 0.5) is 0 Å². The molecule has 1 amide bonds. The Morgan fingerprint density at radius 3 is 2.89 bits per heavy atom. The summed E-state index contributed by atoms with van der Waals surface area (Å²) < 4.78 is 0. The molecule has 1 aliphatic rings. The average Bonchev–Trinajstić information content (AvgIpc) is 2.40. The summed E-state index contributed by atoms with van der Waals surface area (Å²) in [6, 6.07) is 5.37. The summed E-state index contributed by atoms with van der Waals surface area (Å²) in [5.74, 6) is 0.175. The summed E-state index contributed by atoms with van der Waals surface area (Å²) >= 11 is 0. The Kier molecular flexibility index (Phi) is 4.10. The summed E-state index contributed by atoms with van der Waals surface area (Å²) in [5.41, 5.74) is 1.25. The predicted octanol–water partition coefficient (Wildman–Crippen LogP) is 1.87. The molecule has 1 N–H and O–H groups in total. The van der Waals surface area contributed by atoms with E-state index in [-0.39, 0.29) is 17.7 Å². The molecule has 0 aliphatic carbocycles. The SMILES string of the molecule is Cc1c(O)cccc1C(=O)N(C)C1CCCN(C)C1. The molecule has 0 radical (unpaired) electrons. The van der Waals surface area contributed by atoms with E-state index in [0.717, 1.165) is 25.9 Å². The lowest BCUT2D eigenvalue weighted by molar-refractivity contribution is 0.0643. The van der Waals surface area contributed by atoms with Crippen LogP contribution in [0.25, 0.3) is 0 Å². The third-order valence-corrected chi connectivity index (χ3v) is 4.00. The molecule has 1 aromatic rings. The monoisotopic (exact) mass is 262 g/mol. The molecule has 0 spiro atoms. The van der Waals surface area contributed by atoms with Gasteiger partial charge < -0.3 is 14.9 Å². The molecule has 19 heavy (non-hydrogen) atoms. The zero-order valence-electron chi connectivity index (χ0n) is 11.9. The Hall–Kier alpha value is -1.55. The van der Waals surface area contributed by atoms with E-state index in [9.17, 15) is 9.90 Å². The molecule has 0 saturated carbocycles. The highest BCUT2D eigenvalue weighted by atomic mass is 16.3. The largest absolute Gasteiger partial charge is 0.508 e. The number of phenolic OH excluding ortho intramolecular Hbond substituents is 1. The number of likely N-dealkylation sites (N-methyl/N-ethyl adjacent to an activating group) is 2. The van der Waals surface area contributed by atoms with Crippen molar-refractivity contribution in [1.82, 2.24) is 9.80 Å². The van der Waals surface area contributed by atoms with Crippen LogP contribution in [0.5, 0.6) is 5.75 Å². The van der Waals surface area contributed by atoms with Crippen LogP contribution in [0.1, 0.15) is 28.8 Å². The predicted molar refractivity (Wildman–Crippen MR) is 75.5 cm³/mol. The minimum Gasteiger partial charge on any atom is -0.508 e. The van der Waals surface area contributed by atoms with Crippen LogP contribution < -0.4 is 0 Å². The van der Waals surface area contributed by atoms with Crippen molar-refractivity contribution in [2.24, 2.45) is 0 Å². The molecule has 104 valence electrons. The lowest BCUT2D eigenvalue weighted by Gasteiger charge is -2.36. The molecule has 4 nitrogen and oxygen atoms in total. The Labute approximate surface area is 114 Å². The van der Waals surface area contributed by atoms with Gasteiger partial charge in [-0.05, 0) is 45.5 Å². The first-order valence-corrected chi connectivity index (χ1v) is 6.75. The number of carbonyl (C=O) groups excluding carboxylic acids is 1. The molecule has 1 atom stereocenters. The van der Waals surface area contributed by atoms with Gasteiger partial charge in [-0.1, -0.05) is 6.07 Å². The number of amides is 1. The van der Waals surface area contributed by atoms with Gasteiger partial charge >= 0.3 is 0 Å². The smallest absolute Gasteiger partial charge is 0.254 e. The number of carbonyl (C=O) groups is 1. The van der Waals surface area contributed by atoms with E-state index in [0.29, 0.717) is 11.1 Å². The maximum absolute atomic E-state index is 12.5. The van der Waals surface area contributed by atoms with E-state index in [1.54, 1.807) is 25.1 Å². The minimum atomic E-state index is -0.00583. The number of piperidine rings is 1. The molecule has 4 heteroatoms. The fraction of sp³-hybridized carbons (Fsp3) is 0.533. The van der Waals surface area contributed by atoms with Gasteiger partial charge in [-0.2, -0.15) is 0 Å². The topological polar surface area (TPSA) is 43.8 Å². The van der Waals surface area contributed by atoms with Crippen molar-refractivity contribution >= 4 is 5.91 Å². The summed E-state index contributed by atoms with van der Waals surface area (Å²) in [7, 11) is 3.94. The van der Waals surface area contributed by atoms with Gasteiger partial charge in [-0.15, -0.1) is 0 Å². The standard InChI is InChI=1S/C15H22N2O2/c1-11-13(7-4-8-14(11)18)15(19)17(3)12-6-5-9-16(2)10-12/h4,7-8,12,18H,5-6,9-10H2,1-3H3. The van der Waals surface area contributed by atoms with Crippen molar-refractivity contribution in [3.63, 3.8) is 0 Å². The first kappa shape index (κ1) is 13.9. The van der Waals surface area contributed by atoms with Crippen molar-refractivity contribution in [3.05, 3.63) is 29.3 Å². The Bertz CT molecular complexity index is 473. The summed E-state index contributed by atoms with van der Waals surface area (Å²) in [6.45, 7) is 3.80. The minimum absolute atomic E-state index is 0.00583. The van der Waals surface area contributed by atoms with Gasteiger partial charge in [0, 0.05) is 30.8 Å². The van der Waals surface area contributed by atoms with Crippen LogP contribution in [0.2, 0.25) is 0 Å². The van der Waals surface area contributed by atoms with E-state index in [1.807, 2.05) is 11.9 Å². The second-order valence-electron chi connectivity index (χ2n) is 5.42. The normalized spacial score (nSPS) is 20.3. The molecule has 1 saturated heterocycles. The van der Waals surface area contributed by atoms with Gasteiger partial charge in [-0.25, -0.2) is 0 Å². The fourth-order valence-corrected chi connectivity index (χ4v) is 2.67. The van der Waals surface area contributed by atoms with Crippen LogP contribution in [0.3, 0.4) is 0 Å². The van der Waals surface area contributed by atoms with Crippen LogP contribution >= 0.6 is 0 Å². The van der Waals surface area contributed by atoms with Gasteiger partial charge in [0.2, 0.25) is 0 Å². The lowest BCUT2D eigenvalue weighted by Crippen LogP contribution is -2.47. The number of hydrogen-bond acceptors (Lipinski definition) is 3. The van der Waals surface area contributed by atoms with Crippen molar-refractivity contribution in [3.8, 4) is 5.75 Å². The summed E-state index contributed by atoms with van der Waals surface area (Å²) in [5, 5.41) is 9.70. The average molecular weight is 262 g/mol. The molecule has 1 fully saturated rings. The number of likely N-dealkylation sites (tertiary alicyclic amines) is 1.